The zero-order valence-corrected chi connectivity index (χ0v) is 38.5. The minimum atomic E-state index is -1.31. The number of aromatic carboxylic acids is 1. The Hall–Kier alpha value is -1.87. The molecule has 3 aliphatic rings. The standard InChI is InChI=1S/C20H9Br2O5.C14H13N3.Hg.2Na.H2O/c21-13-5-11-17(7-15(13)23)27-18-8-16(24)14(22)6-12(18)19(11)9-3-1-2-4-10(9)20(25)26;15-13-11-8-4-5-9-12(11)17-14(13,16)10-6-2-1-3-7-10;;;;/h1-7,24H,(H,25,26);1-9,15,17H,16H2;;;;1H2/q;;;2*+1;/p-2. The van der Waals surface area contributed by atoms with Crippen LogP contribution in [0.25, 0.3) is 33.4 Å². The van der Waals surface area contributed by atoms with Gasteiger partial charge in [-0.25, -0.2) is 0 Å². The van der Waals surface area contributed by atoms with Crippen molar-refractivity contribution in [1.29, 1.82) is 5.41 Å². The molecule has 4 aromatic carbocycles. The summed E-state index contributed by atoms with van der Waals surface area (Å²) in [6.07, 6.45) is 0. The van der Waals surface area contributed by atoms with Gasteiger partial charge in [0.05, 0.1) is 5.71 Å². The number of hydrogen-bond acceptors (Lipinski definition) is 8. The average Bonchev–Trinajstić information content (AvgIpc) is 3.31. The molecule has 7 rings (SSSR count). The maximum Gasteiger partial charge on any atom is 1.00 e. The molecule has 1 aliphatic carbocycles. The van der Waals surface area contributed by atoms with E-state index in [0.29, 0.717) is 45.4 Å². The number of para-hydroxylation sites is 1. The Bertz CT molecular complexity index is 2200. The number of carboxylic acid groups (broad SMARTS) is 1. The summed E-state index contributed by atoms with van der Waals surface area (Å²) in [6, 6.07) is 28.5. The SMILES string of the molecule is N=C1c2ccccc2NC1(N)c1ccccc1.O.O=C([O-])c1ccccc1-c1c2cc(Br)c(=O)cc-2oc2[c]([Hg])c([O-])c(Br)cc12.[Na+].[Na+]. The largest absolute Gasteiger partial charge is 1.00 e. The molecule has 6 N–H and O–H groups in total. The molecular formula is C34H22Br2HgN3Na2O6. The van der Waals surface area contributed by atoms with Crippen LogP contribution in [-0.4, -0.2) is 17.2 Å². The van der Waals surface area contributed by atoms with Crippen molar-refractivity contribution in [3.05, 3.63) is 133 Å². The molecule has 0 amide bonds. The summed E-state index contributed by atoms with van der Waals surface area (Å²) in [6.45, 7) is 0. The van der Waals surface area contributed by atoms with Gasteiger partial charge in [-0.05, 0) is 11.6 Å². The Kier molecular flexibility index (Phi) is 13.9. The summed E-state index contributed by atoms with van der Waals surface area (Å²) in [4.78, 5) is 23.9. The van der Waals surface area contributed by atoms with Crippen LogP contribution < -0.4 is 88.9 Å². The molecule has 0 saturated heterocycles. The summed E-state index contributed by atoms with van der Waals surface area (Å²) in [5, 5.41) is 36.2. The van der Waals surface area contributed by atoms with Crippen molar-refractivity contribution in [2.45, 2.75) is 5.66 Å². The van der Waals surface area contributed by atoms with Crippen LogP contribution in [0.1, 0.15) is 21.5 Å². The minimum absolute atomic E-state index is 0. The molecule has 9 nitrogen and oxygen atoms in total. The molecule has 227 valence electrons. The van der Waals surface area contributed by atoms with Gasteiger partial charge in [0.1, 0.15) is 0 Å². The van der Waals surface area contributed by atoms with Crippen LogP contribution in [-0.2, 0) is 31.8 Å². The number of fused-ring (bicyclic) bond motifs is 3. The van der Waals surface area contributed by atoms with Gasteiger partial charge >= 0.3 is 252 Å². The molecule has 48 heavy (non-hydrogen) atoms. The van der Waals surface area contributed by atoms with Crippen molar-refractivity contribution in [2.24, 2.45) is 5.73 Å². The number of carbonyl (C=O) groups excluding carboxylic acids is 1. The molecule has 2 heterocycles. The first kappa shape index (κ1) is 40.6. The third-order valence-electron chi connectivity index (χ3n) is 7.63. The van der Waals surface area contributed by atoms with Crippen LogP contribution in [0.3, 0.4) is 0 Å². The van der Waals surface area contributed by atoms with Crippen molar-refractivity contribution in [3.8, 4) is 28.2 Å². The van der Waals surface area contributed by atoms with Crippen LogP contribution in [0.15, 0.2) is 115 Å². The van der Waals surface area contributed by atoms with E-state index in [-0.39, 0.29) is 113 Å². The van der Waals surface area contributed by atoms with E-state index in [2.05, 4.69) is 37.2 Å². The van der Waals surface area contributed by atoms with Gasteiger partial charge in [0.15, 0.2) is 5.66 Å². The van der Waals surface area contributed by atoms with Gasteiger partial charge in [0.25, 0.3) is 0 Å². The Morgan fingerprint density at radius 1 is 0.875 bits per heavy atom. The van der Waals surface area contributed by atoms with Crippen molar-refractivity contribution in [2.75, 3.05) is 5.32 Å². The van der Waals surface area contributed by atoms with Gasteiger partial charge in [-0.1, -0.05) is 48.5 Å². The molecule has 0 aromatic heterocycles. The van der Waals surface area contributed by atoms with E-state index in [0.717, 1.165) is 16.8 Å². The molecule has 0 saturated carbocycles. The van der Waals surface area contributed by atoms with Gasteiger partial charge in [0, 0.05) is 11.3 Å². The molecule has 4 aromatic rings. The van der Waals surface area contributed by atoms with E-state index < -0.39 is 11.6 Å². The van der Waals surface area contributed by atoms with E-state index in [1.165, 1.54) is 12.1 Å². The second-order valence-electron chi connectivity index (χ2n) is 10.4. The second kappa shape index (κ2) is 16.4. The number of hydrogen-bond donors (Lipinski definition) is 3. The smallest absolute Gasteiger partial charge is 1.00 e. The molecule has 14 heteroatoms. The van der Waals surface area contributed by atoms with Gasteiger partial charge in [-0.15, -0.1) is 0 Å². The van der Waals surface area contributed by atoms with E-state index in [1.54, 1.807) is 30.3 Å². The fourth-order valence-electron chi connectivity index (χ4n) is 5.42. The molecule has 0 bridgehead atoms. The van der Waals surface area contributed by atoms with Gasteiger partial charge in [-0.2, -0.15) is 0 Å². The summed E-state index contributed by atoms with van der Waals surface area (Å²) in [7, 11) is 0. The summed E-state index contributed by atoms with van der Waals surface area (Å²) >= 11 is 6.47. The Morgan fingerprint density at radius 2 is 1.48 bits per heavy atom. The first-order valence-corrected chi connectivity index (χ1v) is 17.9. The van der Waals surface area contributed by atoms with Crippen molar-refractivity contribution < 1.29 is 110 Å². The van der Waals surface area contributed by atoms with Crippen LogP contribution >= 0.6 is 31.9 Å². The second-order valence-corrected chi connectivity index (χ2v) is 14.8. The van der Waals surface area contributed by atoms with Gasteiger partial charge < -0.3 is 16.2 Å². The Labute approximate surface area is 352 Å². The maximum absolute atomic E-state index is 12.4. The average molecular weight is 975 g/mol. The predicted octanol–water partition coefficient (Wildman–Crippen LogP) is -1.83. The number of carbonyl (C=O) groups is 1. The van der Waals surface area contributed by atoms with Crippen LogP contribution in [0, 0.1) is 5.41 Å². The zero-order chi connectivity index (χ0) is 32.0. The number of benzene rings is 5. The molecule has 2 aliphatic heterocycles. The molecule has 0 spiro atoms. The number of nitrogens with two attached hydrogens (primary N) is 1. The molecule has 0 fully saturated rings. The third kappa shape index (κ3) is 7.43. The number of anilines is 1. The molecule has 1 unspecified atom stereocenters. The fourth-order valence-corrected chi connectivity index (χ4v) is 9.00. The van der Waals surface area contributed by atoms with Crippen molar-refractivity contribution in [1.82, 2.24) is 0 Å². The zero-order valence-electron chi connectivity index (χ0n) is 25.8. The van der Waals surface area contributed by atoms with E-state index >= 15 is 0 Å². The fraction of sp³-hybridized carbons (Fsp3) is 0.0294. The Balaban J connectivity index is 0.000000270. The third-order valence-corrected chi connectivity index (χ3v) is 11.3. The van der Waals surface area contributed by atoms with Crippen LogP contribution in [0.2, 0.25) is 0 Å². The normalized spacial score (nSPS) is 14.4. The number of halogens is 2. The Morgan fingerprint density at radius 3 is 2.12 bits per heavy atom. The van der Waals surface area contributed by atoms with Crippen LogP contribution in [0.5, 0.6) is 5.75 Å². The summed E-state index contributed by atoms with van der Waals surface area (Å²) in [5.41, 5.74) is 10.2. The van der Waals surface area contributed by atoms with Gasteiger partial charge in [0.2, 0.25) is 0 Å². The van der Waals surface area contributed by atoms with E-state index in [4.69, 9.17) is 15.6 Å². The predicted molar refractivity (Wildman–Crippen MR) is 176 cm³/mol. The topological polar surface area (TPSA) is 187 Å². The molecule has 0 radical (unpaired) electrons. The van der Waals surface area contributed by atoms with E-state index in [1.807, 2.05) is 54.6 Å². The van der Waals surface area contributed by atoms with Crippen molar-refractivity contribution >= 4 is 63.3 Å². The first-order valence-electron chi connectivity index (χ1n) is 13.5. The summed E-state index contributed by atoms with van der Waals surface area (Å²) in [5.74, 6) is -1.18. The van der Waals surface area contributed by atoms with Crippen molar-refractivity contribution in [3.63, 3.8) is 0 Å². The number of rotatable bonds is 3. The maximum atomic E-state index is 12.4. The van der Waals surface area contributed by atoms with Crippen LogP contribution in [0.4, 0.5) is 5.69 Å². The first-order chi connectivity index (χ1) is 21.5. The quantitative estimate of drug-likeness (QED) is 0.138. The molecular weight excluding hydrogens is 953 g/mol. The monoisotopic (exact) mass is 974 g/mol. The van der Waals surface area contributed by atoms with Gasteiger partial charge in [-0.3, -0.25) is 5.73 Å². The number of carboxylic acids is 1. The minimum Gasteiger partial charge on any atom is 1.00 e. The molecule has 1 atom stereocenters. The van der Waals surface area contributed by atoms with E-state index in [9.17, 15) is 19.8 Å². The summed E-state index contributed by atoms with van der Waals surface area (Å²) < 4.78 is 7.22. The number of nitrogens with one attached hydrogen (secondary N) is 2.